The molecular weight excluding hydrogens is 300 g/mol. The molecule has 2 aromatic heterocycles. The molecule has 0 radical (unpaired) electrons. The third kappa shape index (κ3) is 5.44. The summed E-state index contributed by atoms with van der Waals surface area (Å²) in [5.41, 5.74) is 2.69. The van der Waals surface area contributed by atoms with E-state index in [9.17, 15) is 4.79 Å². The number of aliphatic carboxylic acids is 1. The largest absolute Gasteiger partial charge is 0.481 e. The molecule has 4 nitrogen and oxygen atoms in total. The molecule has 1 N–H and O–H groups in total. The average Bonchev–Trinajstić information content (AvgIpc) is 2.60. The number of hydrogen-bond donors (Lipinski definition) is 1. The molecule has 2 heterocycles. The first-order valence-corrected chi connectivity index (χ1v) is 8.70. The second-order valence-electron chi connectivity index (χ2n) is 6.39. The number of pyridine rings is 2. The minimum atomic E-state index is -0.734. The van der Waals surface area contributed by atoms with Gasteiger partial charge in [0.1, 0.15) is 6.54 Å². The zero-order valence-electron chi connectivity index (χ0n) is 14.6. The number of hydrogen-bond acceptors (Lipinski definition) is 2. The van der Waals surface area contributed by atoms with Crippen molar-refractivity contribution in [2.24, 2.45) is 0 Å². The fraction of sp³-hybridized carbons (Fsp3) is 0.450. The molecule has 0 spiro atoms. The Labute approximate surface area is 144 Å². The Hall–Kier alpha value is -2.23. The van der Waals surface area contributed by atoms with E-state index in [0.29, 0.717) is 18.3 Å². The van der Waals surface area contributed by atoms with Crippen molar-refractivity contribution in [2.45, 2.75) is 57.9 Å². The van der Waals surface area contributed by atoms with Crippen LogP contribution in [0.5, 0.6) is 0 Å². The summed E-state index contributed by atoms with van der Waals surface area (Å²) in [4.78, 5) is 14.7. The summed E-state index contributed by atoms with van der Waals surface area (Å²) in [6.45, 7) is 5.25. The Morgan fingerprint density at radius 2 is 1.83 bits per heavy atom. The van der Waals surface area contributed by atoms with E-state index in [2.05, 4.69) is 60.1 Å². The van der Waals surface area contributed by atoms with Crippen LogP contribution < -0.4 is 4.57 Å². The Bertz CT molecular complexity index is 626. The maximum atomic E-state index is 10.6. The Balaban J connectivity index is 1.94. The number of aromatic nitrogens is 2. The lowest BCUT2D eigenvalue weighted by Crippen LogP contribution is -2.33. The van der Waals surface area contributed by atoms with E-state index >= 15 is 0 Å². The predicted molar refractivity (Wildman–Crippen MR) is 93.8 cm³/mol. The van der Waals surface area contributed by atoms with E-state index in [0.717, 1.165) is 19.4 Å². The van der Waals surface area contributed by atoms with Crippen LogP contribution in [0.1, 0.15) is 62.5 Å². The SMILES string of the molecule is CCC(CC(C)c1cc[n+](CCCC(=O)O)cc1)c1ccncc1. The van der Waals surface area contributed by atoms with Crippen molar-refractivity contribution in [3.63, 3.8) is 0 Å². The molecule has 2 aromatic rings. The van der Waals surface area contributed by atoms with Crippen LogP contribution in [0.25, 0.3) is 0 Å². The van der Waals surface area contributed by atoms with Gasteiger partial charge in [-0.1, -0.05) is 13.8 Å². The van der Waals surface area contributed by atoms with Crippen LogP contribution in [0.4, 0.5) is 0 Å². The maximum Gasteiger partial charge on any atom is 0.303 e. The zero-order chi connectivity index (χ0) is 17.4. The Morgan fingerprint density at radius 3 is 2.42 bits per heavy atom. The van der Waals surface area contributed by atoms with Crippen molar-refractivity contribution >= 4 is 5.97 Å². The molecule has 4 heteroatoms. The summed E-state index contributed by atoms with van der Waals surface area (Å²) < 4.78 is 2.05. The zero-order valence-corrected chi connectivity index (χ0v) is 14.6. The van der Waals surface area contributed by atoms with Gasteiger partial charge in [0.2, 0.25) is 0 Å². The van der Waals surface area contributed by atoms with E-state index in [4.69, 9.17) is 5.11 Å². The highest BCUT2D eigenvalue weighted by Gasteiger charge is 2.16. The smallest absolute Gasteiger partial charge is 0.303 e. The summed E-state index contributed by atoms with van der Waals surface area (Å²) in [5, 5.41) is 8.70. The first-order chi connectivity index (χ1) is 11.6. The second-order valence-corrected chi connectivity index (χ2v) is 6.39. The highest BCUT2D eigenvalue weighted by atomic mass is 16.4. The van der Waals surface area contributed by atoms with Gasteiger partial charge in [-0.05, 0) is 47.9 Å². The minimum absolute atomic E-state index is 0.218. The van der Waals surface area contributed by atoms with Crippen LogP contribution in [0.3, 0.4) is 0 Å². The lowest BCUT2D eigenvalue weighted by molar-refractivity contribution is -0.697. The third-order valence-electron chi connectivity index (χ3n) is 4.60. The van der Waals surface area contributed by atoms with Gasteiger partial charge in [0.25, 0.3) is 0 Å². The van der Waals surface area contributed by atoms with Crippen LogP contribution in [0.15, 0.2) is 49.1 Å². The molecule has 0 bridgehead atoms. The van der Waals surface area contributed by atoms with Crippen LogP contribution in [0, 0.1) is 0 Å². The second kappa shape index (κ2) is 9.16. The van der Waals surface area contributed by atoms with E-state index in [-0.39, 0.29) is 6.42 Å². The third-order valence-corrected chi connectivity index (χ3v) is 4.60. The fourth-order valence-corrected chi connectivity index (χ4v) is 3.10. The molecule has 0 aliphatic heterocycles. The summed E-state index contributed by atoms with van der Waals surface area (Å²) >= 11 is 0. The normalized spacial score (nSPS) is 13.4. The number of carbonyl (C=O) groups is 1. The summed E-state index contributed by atoms with van der Waals surface area (Å²) in [5.74, 6) is 0.297. The van der Waals surface area contributed by atoms with E-state index in [1.807, 2.05) is 12.4 Å². The molecule has 0 amide bonds. The molecule has 128 valence electrons. The van der Waals surface area contributed by atoms with Crippen molar-refractivity contribution in [3.05, 3.63) is 60.2 Å². The molecule has 0 fully saturated rings. The summed E-state index contributed by atoms with van der Waals surface area (Å²) in [6.07, 6.45) is 11.0. The Morgan fingerprint density at radius 1 is 1.17 bits per heavy atom. The van der Waals surface area contributed by atoms with Gasteiger partial charge in [-0.2, -0.15) is 0 Å². The van der Waals surface area contributed by atoms with Crippen LogP contribution >= 0.6 is 0 Å². The highest BCUT2D eigenvalue weighted by molar-refractivity contribution is 5.66. The van der Waals surface area contributed by atoms with Gasteiger partial charge in [-0.25, -0.2) is 4.57 Å². The number of nitrogens with zero attached hydrogens (tertiary/aromatic N) is 2. The topological polar surface area (TPSA) is 54.1 Å². The molecule has 24 heavy (non-hydrogen) atoms. The number of aryl methyl sites for hydroxylation is 1. The van der Waals surface area contributed by atoms with Gasteiger partial charge in [0.15, 0.2) is 12.4 Å². The summed E-state index contributed by atoms with van der Waals surface area (Å²) in [7, 11) is 0. The standard InChI is InChI=1S/C20H26N2O2/c1-3-17(19-6-10-21-11-7-19)15-16(2)18-8-13-22(14-9-18)12-4-5-20(23)24/h6-11,13-14,16-17H,3-5,12,15H2,1-2H3/p+1. The predicted octanol–water partition coefficient (Wildman–Crippen LogP) is 3.92. The van der Waals surface area contributed by atoms with Gasteiger partial charge >= 0.3 is 5.97 Å². The van der Waals surface area contributed by atoms with Crippen molar-refractivity contribution < 1.29 is 14.5 Å². The fourth-order valence-electron chi connectivity index (χ4n) is 3.10. The minimum Gasteiger partial charge on any atom is -0.481 e. The molecule has 2 atom stereocenters. The lowest BCUT2D eigenvalue weighted by Gasteiger charge is -2.20. The van der Waals surface area contributed by atoms with E-state index in [1.165, 1.54) is 11.1 Å². The molecule has 0 saturated heterocycles. The maximum absolute atomic E-state index is 10.6. The molecule has 0 aliphatic rings. The van der Waals surface area contributed by atoms with Crippen molar-refractivity contribution in [2.75, 3.05) is 0 Å². The number of carboxylic acid groups (broad SMARTS) is 1. The molecular formula is C20H27N2O2+. The Kier molecular flexibility index (Phi) is 6.91. The van der Waals surface area contributed by atoms with Crippen molar-refractivity contribution in [3.8, 4) is 0 Å². The van der Waals surface area contributed by atoms with Crippen molar-refractivity contribution in [1.82, 2.24) is 4.98 Å². The van der Waals surface area contributed by atoms with Gasteiger partial charge in [-0.3, -0.25) is 9.78 Å². The van der Waals surface area contributed by atoms with Gasteiger partial charge in [-0.15, -0.1) is 0 Å². The van der Waals surface area contributed by atoms with Crippen molar-refractivity contribution in [1.29, 1.82) is 0 Å². The molecule has 0 aliphatic carbocycles. The highest BCUT2D eigenvalue weighted by Crippen LogP contribution is 2.31. The lowest BCUT2D eigenvalue weighted by atomic mass is 9.85. The van der Waals surface area contributed by atoms with Crippen LogP contribution in [-0.2, 0) is 11.3 Å². The summed E-state index contributed by atoms with van der Waals surface area (Å²) in [6, 6.07) is 8.54. The first kappa shape index (κ1) is 18.1. The molecule has 2 rings (SSSR count). The van der Waals surface area contributed by atoms with Gasteiger partial charge < -0.3 is 5.11 Å². The van der Waals surface area contributed by atoms with Crippen LogP contribution in [0.2, 0.25) is 0 Å². The number of carboxylic acids is 1. The molecule has 2 unspecified atom stereocenters. The van der Waals surface area contributed by atoms with Gasteiger partial charge in [0, 0.05) is 30.9 Å². The van der Waals surface area contributed by atoms with Gasteiger partial charge in [0.05, 0.1) is 6.42 Å². The van der Waals surface area contributed by atoms with E-state index in [1.54, 1.807) is 0 Å². The molecule has 0 aromatic carbocycles. The first-order valence-electron chi connectivity index (χ1n) is 8.70. The quantitative estimate of drug-likeness (QED) is 0.710. The monoisotopic (exact) mass is 327 g/mol. The van der Waals surface area contributed by atoms with E-state index < -0.39 is 5.97 Å². The molecule has 0 saturated carbocycles. The number of rotatable bonds is 9. The average molecular weight is 327 g/mol. The van der Waals surface area contributed by atoms with Crippen LogP contribution in [-0.4, -0.2) is 16.1 Å².